The van der Waals surface area contributed by atoms with Gasteiger partial charge < -0.3 is 33.2 Å². The van der Waals surface area contributed by atoms with Crippen molar-refractivity contribution >= 4 is 0 Å². The van der Waals surface area contributed by atoms with Crippen LogP contribution in [-0.4, -0.2) is 52.2 Å². The zero-order chi connectivity index (χ0) is 56.0. The van der Waals surface area contributed by atoms with Crippen molar-refractivity contribution in [2.45, 2.75) is 389 Å². The first-order chi connectivity index (χ1) is 38.1. The van der Waals surface area contributed by atoms with Crippen LogP contribution in [0.5, 0.6) is 0 Å². The lowest BCUT2D eigenvalue weighted by Gasteiger charge is -2.26. The number of ether oxygens (including phenoxy) is 7. The number of rotatable bonds is 66. The molecule has 2 unspecified atom stereocenters. The first kappa shape index (κ1) is 75.6. The van der Waals surface area contributed by atoms with E-state index in [4.69, 9.17) is 33.2 Å². The molecule has 0 saturated heterocycles. The van der Waals surface area contributed by atoms with E-state index in [1.807, 2.05) is 0 Å². The van der Waals surface area contributed by atoms with E-state index < -0.39 is 0 Å². The quantitative estimate of drug-likeness (QED) is 0.0342. The van der Waals surface area contributed by atoms with Gasteiger partial charge in [-0.3, -0.25) is 0 Å². The highest BCUT2D eigenvalue weighted by Gasteiger charge is 2.25. The fraction of sp³-hybridized carbons (Fsp3) is 0.943. The Morgan fingerprint density at radius 3 is 0.727 bits per heavy atom. The molecule has 2 atom stereocenters. The van der Waals surface area contributed by atoms with Gasteiger partial charge in [-0.05, 0) is 51.4 Å². The second-order valence-corrected chi connectivity index (χ2v) is 23.2. The molecule has 0 aliphatic carbocycles. The van der Waals surface area contributed by atoms with Gasteiger partial charge in [-0.2, -0.15) is 0 Å². The third-order valence-corrected chi connectivity index (χ3v) is 15.6. The minimum absolute atomic E-state index is 0.140. The minimum atomic E-state index is -0.222. The molecule has 0 aromatic carbocycles. The Hall–Kier alpha value is -1.44. The molecule has 0 radical (unpaired) electrons. The summed E-state index contributed by atoms with van der Waals surface area (Å²) in [7, 11) is 0. The Bertz CT molecular complexity index is 1110. The summed E-state index contributed by atoms with van der Waals surface area (Å²) >= 11 is 0. The van der Waals surface area contributed by atoms with Gasteiger partial charge >= 0.3 is 0 Å². The summed E-state index contributed by atoms with van der Waals surface area (Å²) in [6, 6.07) is 0. The molecule has 0 heterocycles. The molecule has 77 heavy (non-hydrogen) atoms. The number of hydrogen-bond donors (Lipinski definition) is 0. The largest absolute Gasteiger partial charge is 0.494 e. The third-order valence-electron chi connectivity index (χ3n) is 15.6. The van der Waals surface area contributed by atoms with Crippen LogP contribution in [0.3, 0.4) is 0 Å². The molecule has 0 aromatic rings. The minimum Gasteiger partial charge on any atom is -0.494 e. The fourth-order valence-electron chi connectivity index (χ4n) is 10.4. The van der Waals surface area contributed by atoms with Crippen LogP contribution < -0.4 is 0 Å². The number of hydrogen-bond acceptors (Lipinski definition) is 7. The molecule has 0 aliphatic heterocycles. The van der Waals surface area contributed by atoms with Crippen molar-refractivity contribution in [3.8, 4) is 0 Å². The van der Waals surface area contributed by atoms with E-state index in [-0.39, 0.29) is 25.8 Å². The van der Waals surface area contributed by atoms with Crippen molar-refractivity contribution in [3.63, 3.8) is 0 Å². The van der Waals surface area contributed by atoms with Crippen molar-refractivity contribution in [2.75, 3.05) is 40.0 Å². The second-order valence-electron chi connectivity index (χ2n) is 23.2. The summed E-state index contributed by atoms with van der Waals surface area (Å²) in [5.41, 5.74) is 0. The highest BCUT2D eigenvalue weighted by Crippen LogP contribution is 2.29. The number of unbranched alkanes of at least 4 members (excludes halogenated alkanes) is 38. The lowest BCUT2D eigenvalue weighted by molar-refractivity contribution is -0.167. The predicted molar refractivity (Wildman–Crippen MR) is 335 cm³/mol. The number of allylic oxidation sites excluding steroid dienone is 2. The van der Waals surface area contributed by atoms with Crippen molar-refractivity contribution in [2.24, 2.45) is 0 Å². The van der Waals surface area contributed by atoms with Gasteiger partial charge in [0.2, 0.25) is 0 Å². The second kappa shape index (κ2) is 63.7. The lowest BCUT2D eigenvalue weighted by Crippen LogP contribution is -2.25. The SMILES string of the molecule is CCCCCCCCCCCCC(OCCCCCCC)=C(OCCCCCCC)C(CCCCC)OCOCOC(CCCCC)C(OCCCCCCC)=C(CCCCCCCCCCCC)OCCCCCCC. The van der Waals surface area contributed by atoms with Gasteiger partial charge in [-0.1, -0.05) is 312 Å². The van der Waals surface area contributed by atoms with E-state index in [9.17, 15) is 0 Å². The van der Waals surface area contributed by atoms with Crippen LogP contribution in [-0.2, 0) is 33.2 Å². The van der Waals surface area contributed by atoms with Gasteiger partial charge in [-0.15, -0.1) is 0 Å². The van der Waals surface area contributed by atoms with Crippen molar-refractivity contribution in [1.82, 2.24) is 0 Å². The standard InChI is InChI=1S/C70H138O7/c1-9-17-25-31-33-35-37-39-41-49-57-65(72-59-51-43-27-19-11-3)69(74-61-53-45-29-21-13-5)67(55-47-23-15-7)76-63-71-64-77-68(56-48-24-16-8)70(75-62-54-46-30-22-14-6)66(73-60-52-44-28-20-12-4)58-50-42-40-38-36-34-32-26-18-10-2/h67-68H,9-64H2,1-8H3. The van der Waals surface area contributed by atoms with Crippen molar-refractivity contribution in [3.05, 3.63) is 23.0 Å². The molecule has 0 aromatic heterocycles. The first-order valence-corrected chi connectivity index (χ1v) is 34.9. The maximum Gasteiger partial charge on any atom is 0.162 e. The van der Waals surface area contributed by atoms with E-state index in [0.717, 1.165) is 139 Å². The summed E-state index contributed by atoms with van der Waals surface area (Å²) in [4.78, 5) is 0. The first-order valence-electron chi connectivity index (χ1n) is 34.9. The molecule has 7 heteroatoms. The van der Waals surface area contributed by atoms with Gasteiger partial charge in [0.15, 0.2) is 25.1 Å². The van der Waals surface area contributed by atoms with E-state index >= 15 is 0 Å². The molecule has 0 fully saturated rings. The zero-order valence-corrected chi connectivity index (χ0v) is 53.6. The van der Waals surface area contributed by atoms with Gasteiger partial charge in [0.25, 0.3) is 0 Å². The summed E-state index contributed by atoms with van der Waals surface area (Å²) in [5.74, 6) is 3.93. The highest BCUT2D eigenvalue weighted by atomic mass is 16.7. The van der Waals surface area contributed by atoms with Gasteiger partial charge in [0, 0.05) is 12.8 Å². The van der Waals surface area contributed by atoms with Crippen LogP contribution in [0.4, 0.5) is 0 Å². The molecule has 0 saturated carbocycles. The third kappa shape index (κ3) is 50.1. The molecule has 460 valence electrons. The smallest absolute Gasteiger partial charge is 0.162 e. The maximum absolute atomic E-state index is 6.93. The fourth-order valence-corrected chi connectivity index (χ4v) is 10.4. The van der Waals surface area contributed by atoms with E-state index in [0.29, 0.717) is 13.2 Å². The van der Waals surface area contributed by atoms with Crippen LogP contribution in [0.15, 0.2) is 23.0 Å². The molecular weight excluding hydrogens is 953 g/mol. The molecule has 0 spiro atoms. The van der Waals surface area contributed by atoms with Crippen LogP contribution in [0.2, 0.25) is 0 Å². The topological polar surface area (TPSA) is 64.6 Å². The monoisotopic (exact) mass is 1090 g/mol. The predicted octanol–water partition coefficient (Wildman–Crippen LogP) is 23.8. The summed E-state index contributed by atoms with van der Waals surface area (Å²) in [5, 5.41) is 0. The Balaban J connectivity index is 6.67. The van der Waals surface area contributed by atoms with Gasteiger partial charge in [-0.25, -0.2) is 0 Å². The maximum atomic E-state index is 6.93. The van der Waals surface area contributed by atoms with Crippen molar-refractivity contribution in [1.29, 1.82) is 0 Å². The summed E-state index contributed by atoms with van der Waals surface area (Å²) in [6.07, 6.45) is 60.6. The van der Waals surface area contributed by atoms with Gasteiger partial charge in [0.1, 0.15) is 23.7 Å². The van der Waals surface area contributed by atoms with Crippen LogP contribution in [0.1, 0.15) is 376 Å². The Morgan fingerprint density at radius 1 is 0.234 bits per heavy atom. The lowest BCUT2D eigenvalue weighted by atomic mass is 10.0. The average Bonchev–Trinajstić information content (AvgIpc) is 3.44. The van der Waals surface area contributed by atoms with Crippen LogP contribution >= 0.6 is 0 Å². The molecule has 0 aliphatic rings. The average molecular weight is 1090 g/mol. The van der Waals surface area contributed by atoms with Crippen molar-refractivity contribution < 1.29 is 33.2 Å². The van der Waals surface area contributed by atoms with Gasteiger partial charge in [0.05, 0.1) is 26.4 Å². The Kier molecular flexibility index (Phi) is 62.5. The van der Waals surface area contributed by atoms with Crippen LogP contribution in [0, 0.1) is 0 Å². The molecule has 0 rings (SSSR count). The molecule has 0 N–H and O–H groups in total. The molecule has 0 bridgehead atoms. The highest BCUT2D eigenvalue weighted by molar-refractivity contribution is 5.09. The summed E-state index contributed by atoms with van der Waals surface area (Å²) < 4.78 is 47.8. The summed E-state index contributed by atoms with van der Waals surface area (Å²) in [6.45, 7) is 21.5. The molecular formula is C70H138O7. The van der Waals surface area contributed by atoms with E-state index in [1.54, 1.807) is 0 Å². The Labute approximate surface area is 482 Å². The van der Waals surface area contributed by atoms with E-state index in [1.165, 1.54) is 218 Å². The molecule has 0 amide bonds. The van der Waals surface area contributed by atoms with Crippen LogP contribution in [0.25, 0.3) is 0 Å². The zero-order valence-electron chi connectivity index (χ0n) is 53.6. The normalized spacial score (nSPS) is 13.2. The Morgan fingerprint density at radius 2 is 0.455 bits per heavy atom. The van der Waals surface area contributed by atoms with E-state index in [2.05, 4.69) is 55.4 Å². The molecule has 7 nitrogen and oxygen atoms in total.